The highest BCUT2D eigenvalue weighted by molar-refractivity contribution is 7.12. The number of nitrogens with one attached hydrogen (secondary N) is 1. The molecule has 0 saturated carbocycles. The van der Waals surface area contributed by atoms with Crippen LogP contribution in [0.2, 0.25) is 0 Å². The van der Waals surface area contributed by atoms with E-state index in [9.17, 15) is 14.7 Å². The molecule has 2 aromatic rings. The number of rotatable bonds is 10. The molecule has 182 valence electrons. The zero-order valence-electron chi connectivity index (χ0n) is 21.0. The van der Waals surface area contributed by atoms with E-state index in [1.807, 2.05) is 30.4 Å². The third-order valence-electron chi connectivity index (χ3n) is 6.77. The molecule has 1 atom stereocenters. The normalized spacial score (nSPS) is 13.1. The summed E-state index contributed by atoms with van der Waals surface area (Å²) >= 11 is 1.84. The maximum absolute atomic E-state index is 12.4. The molecule has 33 heavy (non-hydrogen) atoms. The Labute approximate surface area is 202 Å². The van der Waals surface area contributed by atoms with Gasteiger partial charge in [0.15, 0.2) is 0 Å². The highest BCUT2D eigenvalue weighted by atomic mass is 32.1. The number of aliphatic hydroxyl groups is 1. The number of carbonyl (C=O) groups excluding carboxylic acids is 1. The van der Waals surface area contributed by atoms with E-state index in [1.165, 1.54) is 20.9 Å². The minimum atomic E-state index is -1.06. The first-order chi connectivity index (χ1) is 15.4. The number of benzene rings is 1. The Morgan fingerprint density at radius 2 is 1.70 bits per heavy atom. The number of hydrogen-bond acceptors (Lipinski definition) is 4. The summed E-state index contributed by atoms with van der Waals surface area (Å²) < 4.78 is 0. The molecule has 0 radical (unpaired) electrons. The summed E-state index contributed by atoms with van der Waals surface area (Å²) in [5, 5.41) is 21.8. The Morgan fingerprint density at radius 1 is 1.06 bits per heavy atom. The summed E-state index contributed by atoms with van der Waals surface area (Å²) in [7, 11) is 0. The molecule has 0 fully saturated rings. The van der Waals surface area contributed by atoms with Gasteiger partial charge in [-0.3, -0.25) is 9.59 Å². The van der Waals surface area contributed by atoms with Gasteiger partial charge < -0.3 is 15.5 Å². The zero-order chi connectivity index (χ0) is 25.0. The van der Waals surface area contributed by atoms with E-state index in [0.717, 1.165) is 31.2 Å². The molecular weight excluding hydrogens is 434 g/mol. The number of aliphatic hydroxyl groups excluding tert-OH is 1. The molecule has 6 heteroatoms. The molecule has 1 amide bonds. The standard InChI is InChI=1S/C27H39NO4S/c1-8-27(9-2,19-10-11-20(17(3)14-19)25(32)28-16-24(30)31)23-15-18(4)21(33-23)12-13-22(29)26(5,6)7/h10-11,14-15,22,29H,8-9,12-13,16H2,1-7H3,(H,28,32)(H,30,31). The first-order valence-corrected chi connectivity index (χ1v) is 12.6. The second kappa shape index (κ2) is 10.8. The molecule has 1 heterocycles. The lowest BCUT2D eigenvalue weighted by Gasteiger charge is -2.32. The summed E-state index contributed by atoms with van der Waals surface area (Å²) in [6.07, 6.45) is 3.12. The fourth-order valence-electron chi connectivity index (χ4n) is 4.32. The largest absolute Gasteiger partial charge is 0.480 e. The van der Waals surface area contributed by atoms with E-state index < -0.39 is 12.5 Å². The zero-order valence-corrected chi connectivity index (χ0v) is 21.9. The van der Waals surface area contributed by atoms with Crippen LogP contribution in [0.3, 0.4) is 0 Å². The Hall–Kier alpha value is -2.18. The topological polar surface area (TPSA) is 86.6 Å². The van der Waals surface area contributed by atoms with Crippen LogP contribution in [0.5, 0.6) is 0 Å². The first kappa shape index (κ1) is 27.1. The van der Waals surface area contributed by atoms with E-state index in [1.54, 1.807) is 0 Å². The molecule has 0 aliphatic carbocycles. The van der Waals surface area contributed by atoms with Gasteiger partial charge in [-0.25, -0.2) is 0 Å². The third-order valence-corrected chi connectivity index (χ3v) is 8.27. The summed E-state index contributed by atoms with van der Waals surface area (Å²) in [5.41, 5.74) is 3.49. The van der Waals surface area contributed by atoms with E-state index in [0.29, 0.717) is 5.56 Å². The van der Waals surface area contributed by atoms with Crippen molar-refractivity contribution in [3.63, 3.8) is 0 Å². The van der Waals surface area contributed by atoms with Crippen molar-refractivity contribution in [3.8, 4) is 0 Å². The molecule has 0 saturated heterocycles. The number of amides is 1. The average Bonchev–Trinajstić information content (AvgIpc) is 3.11. The molecule has 1 unspecified atom stereocenters. The summed E-state index contributed by atoms with van der Waals surface area (Å²) in [5.74, 6) is -1.43. The summed E-state index contributed by atoms with van der Waals surface area (Å²) in [6, 6.07) is 8.18. The van der Waals surface area contributed by atoms with Crippen LogP contribution < -0.4 is 5.32 Å². The minimum Gasteiger partial charge on any atom is -0.480 e. The number of hydrogen-bond donors (Lipinski definition) is 3. The van der Waals surface area contributed by atoms with Gasteiger partial charge in [0.1, 0.15) is 6.54 Å². The van der Waals surface area contributed by atoms with Gasteiger partial charge >= 0.3 is 5.97 Å². The maximum atomic E-state index is 12.4. The maximum Gasteiger partial charge on any atom is 0.322 e. The van der Waals surface area contributed by atoms with Crippen molar-refractivity contribution < 1.29 is 19.8 Å². The smallest absolute Gasteiger partial charge is 0.322 e. The van der Waals surface area contributed by atoms with Crippen LogP contribution in [0, 0.1) is 19.3 Å². The highest BCUT2D eigenvalue weighted by Gasteiger charge is 2.33. The highest BCUT2D eigenvalue weighted by Crippen LogP contribution is 2.44. The fraction of sp³-hybridized carbons (Fsp3) is 0.556. The average molecular weight is 474 g/mol. The number of carbonyl (C=O) groups is 2. The molecule has 3 N–H and O–H groups in total. The lowest BCUT2D eigenvalue weighted by molar-refractivity contribution is -0.135. The van der Waals surface area contributed by atoms with Crippen LogP contribution in [-0.4, -0.2) is 34.7 Å². The van der Waals surface area contributed by atoms with Crippen molar-refractivity contribution in [3.05, 3.63) is 56.3 Å². The van der Waals surface area contributed by atoms with Gasteiger partial charge in [-0.05, 0) is 73.8 Å². The van der Waals surface area contributed by atoms with Gasteiger partial charge in [0.25, 0.3) is 5.91 Å². The summed E-state index contributed by atoms with van der Waals surface area (Å²) in [4.78, 5) is 25.8. The molecule has 0 aliphatic rings. The number of thiophene rings is 1. The number of aliphatic carboxylic acids is 1. The van der Waals surface area contributed by atoms with Crippen LogP contribution in [0.25, 0.3) is 0 Å². The van der Waals surface area contributed by atoms with Gasteiger partial charge in [-0.1, -0.05) is 46.8 Å². The van der Waals surface area contributed by atoms with Gasteiger partial charge in [0.2, 0.25) is 0 Å². The lowest BCUT2D eigenvalue weighted by atomic mass is 9.73. The molecule has 5 nitrogen and oxygen atoms in total. The minimum absolute atomic E-state index is 0.124. The van der Waals surface area contributed by atoms with Crippen molar-refractivity contribution in [1.82, 2.24) is 5.32 Å². The van der Waals surface area contributed by atoms with Crippen molar-refractivity contribution in [2.24, 2.45) is 5.41 Å². The van der Waals surface area contributed by atoms with E-state index in [4.69, 9.17) is 5.11 Å². The number of carboxylic acids is 1. The van der Waals surface area contributed by atoms with Gasteiger partial charge in [0, 0.05) is 20.7 Å². The van der Waals surface area contributed by atoms with Gasteiger partial charge in [-0.2, -0.15) is 0 Å². The molecular formula is C27H39NO4S. The second-order valence-electron chi connectivity index (χ2n) is 10.0. The van der Waals surface area contributed by atoms with Crippen LogP contribution in [0.15, 0.2) is 24.3 Å². The molecule has 1 aromatic carbocycles. The third kappa shape index (κ3) is 6.24. The van der Waals surface area contributed by atoms with Gasteiger partial charge in [0.05, 0.1) is 6.10 Å². The van der Waals surface area contributed by atoms with Crippen molar-refractivity contribution >= 4 is 23.2 Å². The SMILES string of the molecule is CCC(CC)(c1ccc(C(=O)NCC(=O)O)c(C)c1)c1cc(C)c(CCC(O)C(C)(C)C)s1. The molecule has 0 aliphatic heterocycles. The van der Waals surface area contributed by atoms with E-state index >= 15 is 0 Å². The summed E-state index contributed by atoms with van der Waals surface area (Å²) in [6.45, 7) is 14.3. The monoisotopic (exact) mass is 473 g/mol. The Bertz CT molecular complexity index is 982. The Kier molecular flexibility index (Phi) is 8.88. The molecule has 0 bridgehead atoms. The van der Waals surface area contributed by atoms with E-state index in [-0.39, 0.29) is 22.8 Å². The Balaban J connectivity index is 2.36. The fourth-order valence-corrected chi connectivity index (χ4v) is 5.86. The van der Waals surface area contributed by atoms with Crippen molar-refractivity contribution in [1.29, 1.82) is 0 Å². The van der Waals surface area contributed by atoms with E-state index in [2.05, 4.69) is 59.0 Å². The van der Waals surface area contributed by atoms with Crippen LogP contribution in [0.4, 0.5) is 0 Å². The van der Waals surface area contributed by atoms with Gasteiger partial charge in [-0.15, -0.1) is 11.3 Å². The van der Waals surface area contributed by atoms with Crippen LogP contribution in [0.1, 0.15) is 90.7 Å². The van der Waals surface area contributed by atoms with Crippen LogP contribution in [-0.2, 0) is 16.6 Å². The number of carboxylic acid groups (broad SMARTS) is 1. The molecule has 2 rings (SSSR count). The second-order valence-corrected chi connectivity index (χ2v) is 11.2. The Morgan fingerprint density at radius 3 is 2.21 bits per heavy atom. The predicted molar refractivity (Wildman–Crippen MR) is 135 cm³/mol. The molecule has 0 spiro atoms. The predicted octanol–water partition coefficient (Wildman–Crippen LogP) is 5.63. The lowest BCUT2D eigenvalue weighted by Crippen LogP contribution is -2.30. The van der Waals surface area contributed by atoms with Crippen molar-refractivity contribution in [2.75, 3.05) is 6.54 Å². The van der Waals surface area contributed by atoms with Crippen molar-refractivity contribution in [2.45, 2.75) is 85.7 Å². The first-order valence-electron chi connectivity index (χ1n) is 11.7. The quantitative estimate of drug-likeness (QED) is 0.418. The van der Waals surface area contributed by atoms with Crippen LogP contribution >= 0.6 is 11.3 Å². The number of aryl methyl sites for hydroxylation is 3. The molecule has 1 aromatic heterocycles.